The number of nitrogens with zero attached hydrogens (tertiary/aromatic N) is 1. The molecule has 1 rings (SSSR count). The first-order valence-corrected chi connectivity index (χ1v) is 5.84. The molecule has 0 saturated carbocycles. The molecule has 0 aliphatic carbocycles. The van der Waals surface area contributed by atoms with Gasteiger partial charge in [0.05, 0.1) is 6.61 Å². The van der Waals surface area contributed by atoms with Crippen molar-refractivity contribution in [1.29, 1.82) is 0 Å². The van der Waals surface area contributed by atoms with Gasteiger partial charge in [0.2, 0.25) is 5.91 Å². The first-order chi connectivity index (χ1) is 7.65. The summed E-state index contributed by atoms with van der Waals surface area (Å²) < 4.78 is 5.02. The maximum absolute atomic E-state index is 11.7. The topological polar surface area (TPSA) is 72.6 Å². The summed E-state index contributed by atoms with van der Waals surface area (Å²) in [5.74, 6) is -0.500. The van der Waals surface area contributed by atoms with Gasteiger partial charge >= 0.3 is 5.97 Å². The zero-order valence-corrected chi connectivity index (χ0v) is 9.78. The van der Waals surface area contributed by atoms with Crippen molar-refractivity contribution < 1.29 is 14.3 Å². The molecule has 1 atom stereocenters. The van der Waals surface area contributed by atoms with Crippen LogP contribution in [0.15, 0.2) is 0 Å². The number of esters is 1. The van der Waals surface area contributed by atoms with Crippen LogP contribution in [0.1, 0.15) is 32.6 Å². The zero-order valence-electron chi connectivity index (χ0n) is 9.78. The van der Waals surface area contributed by atoms with Gasteiger partial charge in [-0.05, 0) is 26.3 Å². The third-order valence-corrected chi connectivity index (χ3v) is 2.82. The number of likely N-dealkylation sites (tertiary alicyclic amines) is 1. The second kappa shape index (κ2) is 6.48. The molecular weight excluding hydrogens is 208 g/mol. The normalized spacial score (nSPS) is 21.7. The number of amides is 1. The predicted molar refractivity (Wildman–Crippen MR) is 59.7 cm³/mol. The summed E-state index contributed by atoms with van der Waals surface area (Å²) in [6.45, 7) is 3.60. The lowest BCUT2D eigenvalue weighted by Crippen LogP contribution is -2.46. The monoisotopic (exact) mass is 228 g/mol. The molecule has 0 aromatic heterocycles. The zero-order chi connectivity index (χ0) is 12.0. The highest BCUT2D eigenvalue weighted by atomic mass is 16.5. The lowest BCUT2D eigenvalue weighted by atomic mass is 10.0. The summed E-state index contributed by atoms with van der Waals surface area (Å²) in [6.07, 6.45) is 3.22. The molecule has 16 heavy (non-hydrogen) atoms. The van der Waals surface area contributed by atoms with E-state index >= 15 is 0 Å². The number of carbonyl (C=O) groups is 2. The fourth-order valence-electron chi connectivity index (χ4n) is 2.02. The summed E-state index contributed by atoms with van der Waals surface area (Å²) in [4.78, 5) is 24.4. The molecule has 0 radical (unpaired) electrons. The van der Waals surface area contributed by atoms with Crippen LogP contribution in [0.5, 0.6) is 0 Å². The van der Waals surface area contributed by atoms with Crippen molar-refractivity contribution in [3.05, 3.63) is 0 Å². The molecule has 5 heteroatoms. The van der Waals surface area contributed by atoms with E-state index in [4.69, 9.17) is 10.5 Å². The van der Waals surface area contributed by atoms with Gasteiger partial charge in [-0.3, -0.25) is 14.5 Å². The molecule has 2 N–H and O–H groups in total. The quantitative estimate of drug-likeness (QED) is 0.686. The van der Waals surface area contributed by atoms with Crippen LogP contribution in [-0.4, -0.2) is 42.5 Å². The third-order valence-electron chi connectivity index (χ3n) is 2.82. The van der Waals surface area contributed by atoms with Crippen LogP contribution in [0, 0.1) is 0 Å². The van der Waals surface area contributed by atoms with Crippen LogP contribution in [0.2, 0.25) is 0 Å². The molecule has 92 valence electrons. The Morgan fingerprint density at radius 2 is 2.19 bits per heavy atom. The van der Waals surface area contributed by atoms with E-state index in [0.29, 0.717) is 19.6 Å². The highest BCUT2D eigenvalue weighted by Gasteiger charge is 2.29. The lowest BCUT2D eigenvalue weighted by Gasteiger charge is -2.33. The van der Waals surface area contributed by atoms with E-state index in [9.17, 15) is 9.59 Å². The SMILES string of the molecule is CCOC(=O)[C@H]1CCCCN1CCC(N)=O. The fourth-order valence-corrected chi connectivity index (χ4v) is 2.02. The van der Waals surface area contributed by atoms with Crippen LogP contribution in [0.3, 0.4) is 0 Å². The molecule has 1 amide bonds. The van der Waals surface area contributed by atoms with E-state index in [-0.39, 0.29) is 17.9 Å². The highest BCUT2D eigenvalue weighted by Crippen LogP contribution is 2.18. The van der Waals surface area contributed by atoms with E-state index in [1.165, 1.54) is 0 Å². The molecular formula is C11H20N2O3. The molecule has 1 heterocycles. The van der Waals surface area contributed by atoms with Crippen LogP contribution in [0.4, 0.5) is 0 Å². The Balaban J connectivity index is 2.49. The molecule has 0 bridgehead atoms. The Morgan fingerprint density at radius 1 is 1.44 bits per heavy atom. The minimum Gasteiger partial charge on any atom is -0.465 e. The molecule has 0 aromatic rings. The summed E-state index contributed by atoms with van der Waals surface area (Å²) in [7, 11) is 0. The standard InChI is InChI=1S/C11H20N2O3/c1-2-16-11(15)9-5-3-4-7-13(9)8-6-10(12)14/h9H,2-8H2,1H3,(H2,12,14)/t9-/m1/s1. The van der Waals surface area contributed by atoms with Crippen molar-refractivity contribution in [3.63, 3.8) is 0 Å². The van der Waals surface area contributed by atoms with Gasteiger partial charge in [-0.2, -0.15) is 0 Å². The molecule has 0 unspecified atom stereocenters. The molecule has 5 nitrogen and oxygen atoms in total. The Hall–Kier alpha value is -1.10. The van der Waals surface area contributed by atoms with Crippen LogP contribution in [0.25, 0.3) is 0 Å². The maximum Gasteiger partial charge on any atom is 0.323 e. The smallest absolute Gasteiger partial charge is 0.323 e. The van der Waals surface area contributed by atoms with Crippen molar-refractivity contribution in [1.82, 2.24) is 4.90 Å². The number of carbonyl (C=O) groups excluding carboxylic acids is 2. The van der Waals surface area contributed by atoms with E-state index < -0.39 is 0 Å². The van der Waals surface area contributed by atoms with E-state index in [0.717, 1.165) is 25.8 Å². The first kappa shape index (κ1) is 13.0. The first-order valence-electron chi connectivity index (χ1n) is 5.84. The van der Waals surface area contributed by atoms with Gasteiger partial charge in [0.25, 0.3) is 0 Å². The number of hydrogen-bond donors (Lipinski definition) is 1. The Morgan fingerprint density at radius 3 is 2.81 bits per heavy atom. The fraction of sp³-hybridized carbons (Fsp3) is 0.818. The second-order valence-corrected chi connectivity index (χ2v) is 4.02. The minimum absolute atomic E-state index is 0.174. The summed E-state index contributed by atoms with van der Waals surface area (Å²) in [6, 6.07) is -0.187. The predicted octanol–water partition coefficient (Wildman–Crippen LogP) is 0.279. The Kier molecular flexibility index (Phi) is 5.25. The average Bonchev–Trinajstić information content (AvgIpc) is 2.27. The Bertz CT molecular complexity index is 256. The van der Waals surface area contributed by atoms with Gasteiger partial charge in [-0.15, -0.1) is 0 Å². The van der Waals surface area contributed by atoms with Gasteiger partial charge in [-0.1, -0.05) is 6.42 Å². The van der Waals surface area contributed by atoms with E-state index in [2.05, 4.69) is 0 Å². The van der Waals surface area contributed by atoms with Gasteiger partial charge < -0.3 is 10.5 Å². The molecule has 1 fully saturated rings. The third kappa shape index (κ3) is 3.81. The number of ether oxygens (including phenoxy) is 1. The minimum atomic E-state index is -0.326. The number of nitrogens with two attached hydrogens (primary N) is 1. The van der Waals surface area contributed by atoms with Gasteiger partial charge in [0.15, 0.2) is 0 Å². The summed E-state index contributed by atoms with van der Waals surface area (Å²) >= 11 is 0. The number of rotatable bonds is 5. The Labute approximate surface area is 95.9 Å². The average molecular weight is 228 g/mol. The maximum atomic E-state index is 11.7. The lowest BCUT2D eigenvalue weighted by molar-refractivity contribution is -0.151. The van der Waals surface area contributed by atoms with Gasteiger partial charge in [0, 0.05) is 13.0 Å². The van der Waals surface area contributed by atoms with Crippen LogP contribution in [-0.2, 0) is 14.3 Å². The van der Waals surface area contributed by atoms with Crippen molar-refractivity contribution in [2.45, 2.75) is 38.6 Å². The van der Waals surface area contributed by atoms with Crippen LogP contribution < -0.4 is 5.73 Å². The highest BCUT2D eigenvalue weighted by molar-refractivity contribution is 5.76. The summed E-state index contributed by atoms with van der Waals surface area (Å²) in [5, 5.41) is 0. The van der Waals surface area contributed by atoms with Crippen molar-refractivity contribution in [2.24, 2.45) is 5.73 Å². The van der Waals surface area contributed by atoms with Gasteiger partial charge in [-0.25, -0.2) is 0 Å². The van der Waals surface area contributed by atoms with E-state index in [1.54, 1.807) is 6.92 Å². The number of piperidine rings is 1. The van der Waals surface area contributed by atoms with Crippen LogP contribution >= 0.6 is 0 Å². The molecule has 0 spiro atoms. The van der Waals surface area contributed by atoms with Gasteiger partial charge in [0.1, 0.15) is 6.04 Å². The molecule has 1 aliphatic heterocycles. The van der Waals surface area contributed by atoms with Crippen molar-refractivity contribution in [2.75, 3.05) is 19.7 Å². The second-order valence-electron chi connectivity index (χ2n) is 4.02. The molecule has 1 aliphatic rings. The molecule has 0 aromatic carbocycles. The molecule has 1 saturated heterocycles. The summed E-state index contributed by atoms with van der Waals surface area (Å²) in [5.41, 5.74) is 5.11. The van der Waals surface area contributed by atoms with Crippen molar-refractivity contribution in [3.8, 4) is 0 Å². The van der Waals surface area contributed by atoms with E-state index in [1.807, 2.05) is 4.90 Å². The number of hydrogen-bond acceptors (Lipinski definition) is 4. The number of primary amides is 1. The largest absolute Gasteiger partial charge is 0.465 e. The van der Waals surface area contributed by atoms with Crippen molar-refractivity contribution >= 4 is 11.9 Å².